The van der Waals surface area contributed by atoms with E-state index in [1.807, 2.05) is 0 Å². The largest absolute Gasteiger partial charge is 0.418 e. The van der Waals surface area contributed by atoms with Gasteiger partial charge in [-0.05, 0) is 49.2 Å². The van der Waals surface area contributed by atoms with Gasteiger partial charge >= 0.3 is 12.4 Å². The second-order valence-electron chi connectivity index (χ2n) is 8.53. The SMILES string of the molecule is O=C(NC1(C(=O)NCc2ccc(Nc3ccc(F)cc3C(F)(F)F)cn2)CC1)c1cncc(C(F)(F)F)c1. The Labute approximate surface area is 210 Å². The Balaban J connectivity index is 1.35. The number of alkyl halides is 6. The molecule has 0 aliphatic heterocycles. The third-order valence-corrected chi connectivity index (χ3v) is 5.69. The fraction of sp³-hybridized carbons (Fsp3) is 0.250. The summed E-state index contributed by atoms with van der Waals surface area (Å²) in [7, 11) is 0. The average molecular weight is 541 g/mol. The van der Waals surface area contributed by atoms with Gasteiger partial charge in [-0.1, -0.05) is 0 Å². The van der Waals surface area contributed by atoms with E-state index < -0.39 is 46.7 Å². The second-order valence-corrected chi connectivity index (χ2v) is 8.53. The number of nitrogens with zero attached hydrogens (tertiary/aromatic N) is 2. The van der Waals surface area contributed by atoms with Crippen molar-refractivity contribution < 1.29 is 40.3 Å². The highest BCUT2D eigenvalue weighted by Crippen LogP contribution is 2.37. The number of nitrogens with one attached hydrogen (secondary N) is 3. The lowest BCUT2D eigenvalue weighted by Crippen LogP contribution is -2.48. The van der Waals surface area contributed by atoms with Crippen LogP contribution in [0, 0.1) is 5.82 Å². The highest BCUT2D eigenvalue weighted by Gasteiger charge is 2.51. The van der Waals surface area contributed by atoms with Crippen LogP contribution in [-0.2, 0) is 23.7 Å². The number of halogens is 7. The number of anilines is 2. The van der Waals surface area contributed by atoms with Crippen molar-refractivity contribution in [1.82, 2.24) is 20.6 Å². The lowest BCUT2D eigenvalue weighted by Gasteiger charge is -2.18. The number of benzene rings is 1. The van der Waals surface area contributed by atoms with Crippen LogP contribution in [0.5, 0.6) is 0 Å². The van der Waals surface area contributed by atoms with Gasteiger partial charge in [0.25, 0.3) is 5.91 Å². The first-order valence-corrected chi connectivity index (χ1v) is 11.0. The van der Waals surface area contributed by atoms with Crippen LogP contribution in [0.25, 0.3) is 0 Å². The lowest BCUT2D eigenvalue weighted by atomic mass is 10.1. The molecule has 1 saturated carbocycles. The zero-order valence-corrected chi connectivity index (χ0v) is 19.2. The number of pyridine rings is 2. The molecule has 1 aliphatic rings. The molecule has 0 unspecified atom stereocenters. The summed E-state index contributed by atoms with van der Waals surface area (Å²) in [6.45, 7) is -0.0911. The van der Waals surface area contributed by atoms with Crippen LogP contribution in [0.2, 0.25) is 0 Å². The molecule has 3 aromatic rings. The molecule has 1 aliphatic carbocycles. The van der Waals surface area contributed by atoms with Crippen molar-refractivity contribution in [3.8, 4) is 0 Å². The molecule has 3 N–H and O–H groups in total. The van der Waals surface area contributed by atoms with Crippen molar-refractivity contribution in [3.63, 3.8) is 0 Å². The van der Waals surface area contributed by atoms with Crippen molar-refractivity contribution >= 4 is 23.2 Å². The Hall–Kier alpha value is -4.23. The molecule has 0 bridgehead atoms. The summed E-state index contributed by atoms with van der Waals surface area (Å²) < 4.78 is 91.5. The predicted octanol–water partition coefficient (Wildman–Crippen LogP) is 4.98. The third-order valence-electron chi connectivity index (χ3n) is 5.69. The highest BCUT2D eigenvalue weighted by molar-refractivity contribution is 6.00. The predicted molar refractivity (Wildman–Crippen MR) is 119 cm³/mol. The number of carbonyl (C=O) groups is 2. The summed E-state index contributed by atoms with van der Waals surface area (Å²) in [6, 6.07) is 5.68. The molecule has 2 aromatic heterocycles. The van der Waals surface area contributed by atoms with Crippen LogP contribution in [0.4, 0.5) is 42.1 Å². The van der Waals surface area contributed by atoms with Crippen LogP contribution >= 0.6 is 0 Å². The summed E-state index contributed by atoms with van der Waals surface area (Å²) in [4.78, 5) is 32.6. The Bertz CT molecular complexity index is 1350. The first-order valence-electron chi connectivity index (χ1n) is 11.0. The van der Waals surface area contributed by atoms with E-state index in [0.29, 0.717) is 24.0 Å². The number of rotatable bonds is 7. The van der Waals surface area contributed by atoms with Gasteiger partial charge < -0.3 is 16.0 Å². The van der Waals surface area contributed by atoms with E-state index in [1.54, 1.807) is 0 Å². The molecule has 4 rings (SSSR count). The van der Waals surface area contributed by atoms with E-state index in [1.165, 1.54) is 18.3 Å². The minimum Gasteiger partial charge on any atom is -0.354 e. The molecule has 7 nitrogen and oxygen atoms in total. The van der Waals surface area contributed by atoms with Gasteiger partial charge in [-0.2, -0.15) is 26.3 Å². The molecule has 2 heterocycles. The van der Waals surface area contributed by atoms with E-state index in [0.717, 1.165) is 18.3 Å². The maximum atomic E-state index is 13.3. The summed E-state index contributed by atoms with van der Waals surface area (Å²) in [5.41, 5.74) is -3.78. The quantitative estimate of drug-likeness (QED) is 0.367. The number of carbonyl (C=O) groups excluding carboxylic acids is 2. The van der Waals surface area contributed by atoms with Gasteiger partial charge in [0.05, 0.1) is 46.5 Å². The van der Waals surface area contributed by atoms with E-state index in [2.05, 4.69) is 25.9 Å². The minimum atomic E-state index is -4.78. The van der Waals surface area contributed by atoms with Gasteiger partial charge in [0, 0.05) is 12.4 Å². The summed E-state index contributed by atoms with van der Waals surface area (Å²) in [5, 5.41) is 7.55. The molecule has 1 fully saturated rings. The maximum absolute atomic E-state index is 13.3. The zero-order valence-electron chi connectivity index (χ0n) is 19.2. The van der Waals surface area contributed by atoms with Crippen molar-refractivity contribution in [3.05, 3.63) is 83.2 Å². The Morgan fingerprint density at radius 3 is 2.26 bits per heavy atom. The highest BCUT2D eigenvalue weighted by atomic mass is 19.4. The van der Waals surface area contributed by atoms with Crippen molar-refractivity contribution in [2.24, 2.45) is 0 Å². The van der Waals surface area contributed by atoms with Crippen LogP contribution in [0.1, 0.15) is 40.0 Å². The number of hydrogen-bond donors (Lipinski definition) is 3. The second kappa shape index (κ2) is 9.91. The molecule has 1 aromatic carbocycles. The molecule has 0 saturated heterocycles. The van der Waals surface area contributed by atoms with Gasteiger partial charge in [0.1, 0.15) is 11.4 Å². The van der Waals surface area contributed by atoms with Crippen LogP contribution in [0.15, 0.2) is 55.0 Å². The molecule has 0 radical (unpaired) electrons. The summed E-state index contributed by atoms with van der Waals surface area (Å²) in [6.07, 6.45) is -6.16. The van der Waals surface area contributed by atoms with Gasteiger partial charge in [0.15, 0.2) is 0 Å². The lowest BCUT2D eigenvalue weighted by molar-refractivity contribution is -0.138. The Morgan fingerprint density at radius 2 is 1.66 bits per heavy atom. The summed E-state index contributed by atoms with van der Waals surface area (Å²) >= 11 is 0. The zero-order chi connectivity index (χ0) is 27.7. The maximum Gasteiger partial charge on any atom is 0.418 e. The van der Waals surface area contributed by atoms with E-state index in [-0.39, 0.29) is 36.3 Å². The van der Waals surface area contributed by atoms with Crippen molar-refractivity contribution in [2.75, 3.05) is 5.32 Å². The molecule has 0 atom stereocenters. The Morgan fingerprint density at radius 1 is 0.921 bits per heavy atom. The van der Waals surface area contributed by atoms with Gasteiger partial charge in [-0.25, -0.2) is 4.39 Å². The first-order chi connectivity index (χ1) is 17.8. The smallest absolute Gasteiger partial charge is 0.354 e. The van der Waals surface area contributed by atoms with E-state index in [9.17, 15) is 40.3 Å². The van der Waals surface area contributed by atoms with E-state index >= 15 is 0 Å². The van der Waals surface area contributed by atoms with Gasteiger partial charge in [-0.3, -0.25) is 19.6 Å². The number of hydrogen-bond acceptors (Lipinski definition) is 5. The van der Waals surface area contributed by atoms with Crippen LogP contribution in [0.3, 0.4) is 0 Å². The average Bonchev–Trinajstić information content (AvgIpc) is 3.64. The Kier molecular flexibility index (Phi) is 7.00. The van der Waals surface area contributed by atoms with Crippen LogP contribution in [-0.4, -0.2) is 27.3 Å². The normalized spacial score (nSPS) is 14.5. The molecular weight excluding hydrogens is 523 g/mol. The summed E-state index contributed by atoms with van der Waals surface area (Å²) in [5.74, 6) is -2.50. The van der Waals surface area contributed by atoms with Gasteiger partial charge in [0.2, 0.25) is 5.91 Å². The molecule has 2 amide bonds. The van der Waals surface area contributed by atoms with E-state index in [4.69, 9.17) is 0 Å². The molecule has 200 valence electrons. The third kappa shape index (κ3) is 6.18. The molecular formula is C24H18F7N5O2. The van der Waals surface area contributed by atoms with Crippen LogP contribution < -0.4 is 16.0 Å². The van der Waals surface area contributed by atoms with Crippen molar-refractivity contribution in [1.29, 1.82) is 0 Å². The number of aromatic nitrogens is 2. The standard InChI is InChI=1S/C24H18F7N5O2/c25-15-1-4-19(18(8-15)24(29,30)31)35-17-3-2-16(33-12-17)11-34-21(38)22(5-6-22)36-20(37)13-7-14(10-32-9-13)23(26,27)28/h1-4,7-10,12,35H,5-6,11H2,(H,34,38)(H,36,37). The fourth-order valence-electron chi connectivity index (χ4n) is 3.50. The molecule has 0 spiro atoms. The topological polar surface area (TPSA) is 96.0 Å². The molecule has 38 heavy (non-hydrogen) atoms. The van der Waals surface area contributed by atoms with Crippen molar-refractivity contribution in [2.45, 2.75) is 37.3 Å². The monoisotopic (exact) mass is 541 g/mol. The fourth-order valence-corrected chi connectivity index (χ4v) is 3.50. The number of amides is 2. The minimum absolute atomic E-state index is 0.0911. The molecule has 14 heteroatoms. The first kappa shape index (κ1) is 26.8. The van der Waals surface area contributed by atoms with Gasteiger partial charge in [-0.15, -0.1) is 0 Å².